The first kappa shape index (κ1) is 19.6. The fourth-order valence-corrected chi connectivity index (χ4v) is 5.03. The lowest BCUT2D eigenvalue weighted by Crippen LogP contribution is -2.52. The molecule has 154 valence electrons. The Hall–Kier alpha value is -2.67. The van der Waals surface area contributed by atoms with Crippen LogP contribution in [0, 0.1) is 0 Å². The van der Waals surface area contributed by atoms with Gasteiger partial charge in [0.15, 0.2) is 0 Å². The molecule has 1 aromatic heterocycles. The summed E-state index contributed by atoms with van der Waals surface area (Å²) in [6.07, 6.45) is 3.36. The molecule has 2 fully saturated rings. The van der Waals surface area contributed by atoms with Gasteiger partial charge < -0.3 is 15.0 Å². The quantitative estimate of drug-likeness (QED) is 0.808. The van der Waals surface area contributed by atoms with Crippen molar-refractivity contribution in [1.29, 1.82) is 0 Å². The van der Waals surface area contributed by atoms with Crippen molar-refractivity contribution in [2.45, 2.75) is 63.7 Å². The number of aromatic nitrogens is 1. The maximum absolute atomic E-state index is 13.1. The van der Waals surface area contributed by atoms with E-state index in [1.165, 1.54) is 0 Å². The van der Waals surface area contributed by atoms with Crippen LogP contribution in [0.1, 0.15) is 55.9 Å². The number of nitrogens with one attached hydrogen (secondary N) is 1. The van der Waals surface area contributed by atoms with E-state index in [1.807, 2.05) is 43.0 Å². The Kier molecular flexibility index (Phi) is 5.17. The molecule has 3 heterocycles. The molecule has 4 rings (SSSR count). The summed E-state index contributed by atoms with van der Waals surface area (Å²) in [5.41, 5.74) is 0.712. The van der Waals surface area contributed by atoms with Crippen LogP contribution in [0.2, 0.25) is 0 Å². The Morgan fingerprint density at radius 3 is 2.45 bits per heavy atom. The molecule has 2 aliphatic heterocycles. The molecular weight excluding hydrogens is 370 g/mol. The van der Waals surface area contributed by atoms with Crippen molar-refractivity contribution in [2.24, 2.45) is 0 Å². The minimum atomic E-state index is -0.810. The van der Waals surface area contributed by atoms with E-state index in [-0.39, 0.29) is 47.7 Å². The number of carboxylic acid groups (broad SMARTS) is 1. The molecule has 2 bridgehead atoms. The molecule has 2 aliphatic rings. The Labute approximate surface area is 169 Å². The Bertz CT molecular complexity index is 999. The van der Waals surface area contributed by atoms with Crippen LogP contribution in [0.5, 0.6) is 0 Å². The van der Waals surface area contributed by atoms with Crippen molar-refractivity contribution >= 4 is 22.8 Å². The second kappa shape index (κ2) is 7.63. The summed E-state index contributed by atoms with van der Waals surface area (Å²) in [7, 11) is 0. The Morgan fingerprint density at radius 2 is 1.83 bits per heavy atom. The number of para-hydroxylation sites is 1. The van der Waals surface area contributed by atoms with E-state index in [1.54, 1.807) is 10.6 Å². The third-order valence-electron chi connectivity index (χ3n) is 6.24. The number of aliphatic carboxylic acids is 1. The second-order valence-corrected chi connectivity index (χ2v) is 8.48. The molecular formula is C22H27N3O4. The van der Waals surface area contributed by atoms with Gasteiger partial charge in [-0.3, -0.25) is 19.3 Å². The molecule has 7 nitrogen and oxygen atoms in total. The largest absolute Gasteiger partial charge is 0.480 e. The SMILES string of the molecule is CC(C)n1c(=O)c(C(=O)NC2CC3CCC(C2)N3CC(=O)O)cc2ccccc21. The average Bonchev–Trinajstić information content (AvgIpc) is 2.88. The van der Waals surface area contributed by atoms with Crippen molar-refractivity contribution < 1.29 is 14.7 Å². The fraction of sp³-hybridized carbons (Fsp3) is 0.500. The monoisotopic (exact) mass is 397 g/mol. The molecule has 2 atom stereocenters. The van der Waals surface area contributed by atoms with Crippen LogP contribution in [-0.4, -0.2) is 51.1 Å². The summed E-state index contributed by atoms with van der Waals surface area (Å²) in [6, 6.07) is 9.54. The van der Waals surface area contributed by atoms with Gasteiger partial charge >= 0.3 is 5.97 Å². The molecule has 0 aliphatic carbocycles. The predicted octanol–water partition coefficient (Wildman–Crippen LogP) is 2.39. The lowest BCUT2D eigenvalue weighted by Gasteiger charge is -2.38. The van der Waals surface area contributed by atoms with Gasteiger partial charge in [0.05, 0.1) is 12.1 Å². The van der Waals surface area contributed by atoms with Gasteiger partial charge in [-0.25, -0.2) is 0 Å². The number of benzene rings is 1. The third-order valence-corrected chi connectivity index (χ3v) is 6.24. The molecule has 1 aromatic carbocycles. The highest BCUT2D eigenvalue weighted by Gasteiger charge is 2.41. The van der Waals surface area contributed by atoms with E-state index >= 15 is 0 Å². The highest BCUT2D eigenvalue weighted by molar-refractivity contribution is 5.97. The highest BCUT2D eigenvalue weighted by Crippen LogP contribution is 2.35. The van der Waals surface area contributed by atoms with E-state index in [2.05, 4.69) is 5.32 Å². The molecule has 2 unspecified atom stereocenters. The second-order valence-electron chi connectivity index (χ2n) is 8.48. The van der Waals surface area contributed by atoms with E-state index < -0.39 is 5.97 Å². The number of nitrogens with zero attached hydrogens (tertiary/aromatic N) is 2. The lowest BCUT2D eigenvalue weighted by molar-refractivity contribution is -0.139. The standard InChI is InChI=1S/C22H27N3O4/c1-13(2)25-19-6-4-3-5-14(19)9-18(22(25)29)21(28)23-15-10-16-7-8-17(11-15)24(16)12-20(26)27/h3-6,9,13,15-17H,7-8,10-12H2,1-2H3,(H,23,28)(H,26,27). The lowest BCUT2D eigenvalue weighted by atomic mass is 9.97. The van der Waals surface area contributed by atoms with Crippen LogP contribution in [-0.2, 0) is 4.79 Å². The number of rotatable bonds is 5. The summed E-state index contributed by atoms with van der Waals surface area (Å²) in [4.78, 5) is 39.2. The predicted molar refractivity (Wildman–Crippen MR) is 110 cm³/mol. The van der Waals surface area contributed by atoms with Gasteiger partial charge in [-0.2, -0.15) is 0 Å². The number of carbonyl (C=O) groups excluding carboxylic acids is 1. The number of pyridine rings is 1. The Morgan fingerprint density at radius 1 is 1.17 bits per heavy atom. The van der Waals surface area contributed by atoms with Gasteiger partial charge in [-0.15, -0.1) is 0 Å². The minimum absolute atomic E-state index is 0.0385. The number of hydrogen-bond donors (Lipinski definition) is 2. The van der Waals surface area contributed by atoms with Crippen LogP contribution in [0.4, 0.5) is 0 Å². The highest BCUT2D eigenvalue weighted by atomic mass is 16.4. The molecule has 1 amide bonds. The maximum atomic E-state index is 13.1. The van der Waals surface area contributed by atoms with Crippen LogP contribution < -0.4 is 10.9 Å². The van der Waals surface area contributed by atoms with Gasteiger partial charge in [-0.1, -0.05) is 18.2 Å². The molecule has 0 radical (unpaired) electrons. The van der Waals surface area contributed by atoms with Gasteiger partial charge in [0.2, 0.25) is 0 Å². The topological polar surface area (TPSA) is 91.6 Å². The van der Waals surface area contributed by atoms with Crippen LogP contribution in [0.15, 0.2) is 35.1 Å². The van der Waals surface area contributed by atoms with Crippen molar-refractivity contribution in [1.82, 2.24) is 14.8 Å². The van der Waals surface area contributed by atoms with E-state index in [0.717, 1.165) is 36.6 Å². The number of hydrogen-bond acceptors (Lipinski definition) is 4. The number of amides is 1. The van der Waals surface area contributed by atoms with Gasteiger partial charge in [0.25, 0.3) is 11.5 Å². The summed E-state index contributed by atoms with van der Waals surface area (Å²) in [6.45, 7) is 3.93. The zero-order chi connectivity index (χ0) is 20.7. The number of piperidine rings is 1. The molecule has 2 saturated heterocycles. The van der Waals surface area contributed by atoms with Crippen molar-refractivity contribution in [2.75, 3.05) is 6.54 Å². The maximum Gasteiger partial charge on any atom is 0.317 e. The molecule has 2 aromatic rings. The summed E-state index contributed by atoms with van der Waals surface area (Å²) in [5.74, 6) is -1.15. The summed E-state index contributed by atoms with van der Waals surface area (Å²) < 4.78 is 1.67. The smallest absolute Gasteiger partial charge is 0.317 e. The van der Waals surface area contributed by atoms with Gasteiger partial charge in [-0.05, 0) is 57.0 Å². The molecule has 2 N–H and O–H groups in total. The van der Waals surface area contributed by atoms with Gasteiger partial charge in [0, 0.05) is 24.2 Å². The first-order valence-electron chi connectivity index (χ1n) is 10.3. The molecule has 7 heteroatoms. The fourth-order valence-electron chi connectivity index (χ4n) is 5.03. The third kappa shape index (κ3) is 3.67. The minimum Gasteiger partial charge on any atom is -0.480 e. The Balaban J connectivity index is 1.57. The number of fused-ring (bicyclic) bond motifs is 3. The van der Waals surface area contributed by atoms with Crippen molar-refractivity contribution in [3.8, 4) is 0 Å². The first-order valence-corrected chi connectivity index (χ1v) is 10.3. The normalized spacial score (nSPS) is 24.2. The molecule has 0 saturated carbocycles. The zero-order valence-electron chi connectivity index (χ0n) is 16.8. The summed E-state index contributed by atoms with van der Waals surface area (Å²) in [5, 5.41) is 13.0. The van der Waals surface area contributed by atoms with Crippen LogP contribution in [0.25, 0.3) is 10.9 Å². The number of carboxylic acids is 1. The van der Waals surface area contributed by atoms with E-state index in [0.29, 0.717) is 0 Å². The molecule has 29 heavy (non-hydrogen) atoms. The average molecular weight is 397 g/mol. The van der Waals surface area contributed by atoms with Crippen LogP contribution in [0.3, 0.4) is 0 Å². The zero-order valence-corrected chi connectivity index (χ0v) is 16.8. The summed E-state index contributed by atoms with van der Waals surface area (Å²) >= 11 is 0. The number of carbonyl (C=O) groups is 2. The van der Waals surface area contributed by atoms with Crippen molar-refractivity contribution in [3.05, 3.63) is 46.2 Å². The van der Waals surface area contributed by atoms with E-state index in [4.69, 9.17) is 5.11 Å². The van der Waals surface area contributed by atoms with Crippen molar-refractivity contribution in [3.63, 3.8) is 0 Å². The van der Waals surface area contributed by atoms with Crippen LogP contribution >= 0.6 is 0 Å². The molecule has 0 spiro atoms. The van der Waals surface area contributed by atoms with E-state index in [9.17, 15) is 14.4 Å². The van der Waals surface area contributed by atoms with Gasteiger partial charge in [0.1, 0.15) is 5.56 Å². The first-order chi connectivity index (χ1) is 13.8.